The highest BCUT2D eigenvalue weighted by molar-refractivity contribution is 5.76. The van der Waals surface area contributed by atoms with Gasteiger partial charge >= 0.3 is 0 Å². The molecule has 0 saturated carbocycles. The van der Waals surface area contributed by atoms with Crippen LogP contribution in [-0.4, -0.2) is 47.2 Å². The van der Waals surface area contributed by atoms with Gasteiger partial charge in [0.2, 0.25) is 5.91 Å². The molecular formula is C20H28N4O2. The standard InChI is InChI=1S/C20H28N4O2/c1-14-15(2)22-23-19(14)10-11-20(25)24-12-4-5-17(13-24)21-16-6-8-18(26-3)9-7-16/h6-9,17,21H,4-5,10-13H2,1-3H3,(H,22,23). The number of carbonyl (C=O) groups excluding carboxylic acids is 1. The fourth-order valence-electron chi connectivity index (χ4n) is 3.41. The lowest BCUT2D eigenvalue weighted by Gasteiger charge is -2.33. The molecule has 2 N–H and O–H groups in total. The van der Waals surface area contributed by atoms with Gasteiger partial charge in [0.15, 0.2) is 0 Å². The zero-order chi connectivity index (χ0) is 18.5. The van der Waals surface area contributed by atoms with Gasteiger partial charge in [0, 0.05) is 43.4 Å². The van der Waals surface area contributed by atoms with Gasteiger partial charge in [0.05, 0.1) is 12.8 Å². The second kappa shape index (κ2) is 8.25. The van der Waals surface area contributed by atoms with E-state index in [1.807, 2.05) is 43.0 Å². The van der Waals surface area contributed by atoms with Crippen molar-refractivity contribution in [1.29, 1.82) is 0 Å². The Morgan fingerprint density at radius 2 is 2.12 bits per heavy atom. The van der Waals surface area contributed by atoms with Crippen molar-refractivity contribution in [3.05, 3.63) is 41.2 Å². The number of rotatable bonds is 6. The Bertz CT molecular complexity index is 739. The van der Waals surface area contributed by atoms with Crippen molar-refractivity contribution in [2.75, 3.05) is 25.5 Å². The first-order valence-corrected chi connectivity index (χ1v) is 9.25. The molecule has 1 aromatic heterocycles. The summed E-state index contributed by atoms with van der Waals surface area (Å²) in [7, 11) is 1.67. The van der Waals surface area contributed by atoms with Crippen LogP contribution in [0.15, 0.2) is 24.3 Å². The van der Waals surface area contributed by atoms with Crippen LogP contribution in [0.4, 0.5) is 5.69 Å². The second-order valence-electron chi connectivity index (χ2n) is 6.97. The van der Waals surface area contributed by atoms with E-state index in [-0.39, 0.29) is 11.9 Å². The van der Waals surface area contributed by atoms with Gasteiger partial charge in [0.25, 0.3) is 0 Å². The Kier molecular flexibility index (Phi) is 5.81. The van der Waals surface area contributed by atoms with Crippen molar-refractivity contribution in [1.82, 2.24) is 15.1 Å². The SMILES string of the molecule is COc1ccc(NC2CCCN(C(=O)CCc3n[nH]c(C)c3C)C2)cc1. The van der Waals surface area contributed by atoms with E-state index in [0.29, 0.717) is 12.8 Å². The molecule has 2 aromatic rings. The fourth-order valence-corrected chi connectivity index (χ4v) is 3.41. The molecule has 1 atom stereocenters. The number of hydrogen-bond donors (Lipinski definition) is 2. The van der Waals surface area contributed by atoms with Crippen LogP contribution in [0.2, 0.25) is 0 Å². The second-order valence-corrected chi connectivity index (χ2v) is 6.97. The van der Waals surface area contributed by atoms with E-state index in [4.69, 9.17) is 4.74 Å². The number of nitrogens with one attached hydrogen (secondary N) is 2. The number of aryl methyl sites for hydroxylation is 2. The number of aromatic amines is 1. The summed E-state index contributed by atoms with van der Waals surface area (Å²) >= 11 is 0. The van der Waals surface area contributed by atoms with Crippen molar-refractivity contribution in [2.45, 2.75) is 45.6 Å². The number of anilines is 1. The maximum Gasteiger partial charge on any atom is 0.223 e. The summed E-state index contributed by atoms with van der Waals surface area (Å²) in [6.45, 7) is 5.66. The van der Waals surface area contributed by atoms with E-state index in [1.54, 1.807) is 7.11 Å². The molecule has 1 saturated heterocycles. The molecule has 6 heteroatoms. The molecule has 3 rings (SSSR count). The van der Waals surface area contributed by atoms with Crippen LogP contribution in [0.25, 0.3) is 0 Å². The van der Waals surface area contributed by atoms with Crippen molar-refractivity contribution in [3.8, 4) is 5.75 Å². The van der Waals surface area contributed by atoms with E-state index >= 15 is 0 Å². The topological polar surface area (TPSA) is 70.2 Å². The predicted molar refractivity (Wildman–Crippen MR) is 103 cm³/mol. The van der Waals surface area contributed by atoms with Gasteiger partial charge in [-0.25, -0.2) is 0 Å². The van der Waals surface area contributed by atoms with Gasteiger partial charge < -0.3 is 15.0 Å². The van der Waals surface area contributed by atoms with E-state index < -0.39 is 0 Å². The molecule has 0 radical (unpaired) electrons. The van der Waals surface area contributed by atoms with Crippen LogP contribution in [0.3, 0.4) is 0 Å². The molecule has 0 bridgehead atoms. The van der Waals surface area contributed by atoms with Gasteiger partial charge in [0.1, 0.15) is 5.75 Å². The fraction of sp³-hybridized carbons (Fsp3) is 0.500. The van der Waals surface area contributed by atoms with E-state index in [0.717, 1.165) is 54.3 Å². The highest BCUT2D eigenvalue weighted by Crippen LogP contribution is 2.20. The molecule has 1 aliphatic rings. The predicted octanol–water partition coefficient (Wildman–Crippen LogP) is 3.07. The number of methoxy groups -OCH3 is 1. The Labute approximate surface area is 154 Å². The quantitative estimate of drug-likeness (QED) is 0.834. The molecule has 1 amide bonds. The highest BCUT2D eigenvalue weighted by Gasteiger charge is 2.23. The third-order valence-corrected chi connectivity index (χ3v) is 5.16. The van der Waals surface area contributed by atoms with Crippen molar-refractivity contribution < 1.29 is 9.53 Å². The monoisotopic (exact) mass is 356 g/mol. The summed E-state index contributed by atoms with van der Waals surface area (Å²) in [6, 6.07) is 8.21. The number of likely N-dealkylation sites (tertiary alicyclic amines) is 1. The third-order valence-electron chi connectivity index (χ3n) is 5.16. The smallest absolute Gasteiger partial charge is 0.223 e. The number of H-pyrrole nitrogens is 1. The van der Waals surface area contributed by atoms with Crippen LogP contribution in [-0.2, 0) is 11.2 Å². The highest BCUT2D eigenvalue weighted by atomic mass is 16.5. The number of hydrogen-bond acceptors (Lipinski definition) is 4. The average molecular weight is 356 g/mol. The van der Waals surface area contributed by atoms with Gasteiger partial charge in [-0.1, -0.05) is 0 Å². The minimum Gasteiger partial charge on any atom is -0.497 e. The molecular weight excluding hydrogens is 328 g/mol. The number of piperidine rings is 1. The Morgan fingerprint density at radius 3 is 2.77 bits per heavy atom. The van der Waals surface area contributed by atoms with Gasteiger partial charge in [-0.05, 0) is 56.5 Å². The van der Waals surface area contributed by atoms with E-state index in [9.17, 15) is 4.79 Å². The number of aromatic nitrogens is 2. The molecule has 1 fully saturated rings. The largest absolute Gasteiger partial charge is 0.497 e. The molecule has 140 valence electrons. The first kappa shape index (κ1) is 18.3. The molecule has 6 nitrogen and oxygen atoms in total. The van der Waals surface area contributed by atoms with Gasteiger partial charge in [-0.3, -0.25) is 9.89 Å². The van der Waals surface area contributed by atoms with Crippen molar-refractivity contribution >= 4 is 11.6 Å². The zero-order valence-corrected chi connectivity index (χ0v) is 15.8. The first-order chi connectivity index (χ1) is 12.6. The molecule has 0 spiro atoms. The molecule has 26 heavy (non-hydrogen) atoms. The number of nitrogens with zero attached hydrogens (tertiary/aromatic N) is 2. The number of amides is 1. The normalized spacial score (nSPS) is 17.2. The van der Waals surface area contributed by atoms with Crippen LogP contribution in [0.5, 0.6) is 5.75 Å². The summed E-state index contributed by atoms with van der Waals surface area (Å²) in [5, 5.41) is 10.8. The Morgan fingerprint density at radius 1 is 1.35 bits per heavy atom. The number of carbonyl (C=O) groups is 1. The van der Waals surface area contributed by atoms with Crippen LogP contribution < -0.4 is 10.1 Å². The zero-order valence-electron chi connectivity index (χ0n) is 15.8. The van der Waals surface area contributed by atoms with Gasteiger partial charge in [-0.15, -0.1) is 0 Å². The third kappa shape index (κ3) is 4.36. The molecule has 1 unspecified atom stereocenters. The summed E-state index contributed by atoms with van der Waals surface area (Å²) in [6.07, 6.45) is 3.32. The molecule has 1 aromatic carbocycles. The van der Waals surface area contributed by atoms with Crippen LogP contribution in [0.1, 0.15) is 36.2 Å². The maximum atomic E-state index is 12.6. The summed E-state index contributed by atoms with van der Waals surface area (Å²) < 4.78 is 5.19. The number of ether oxygens (including phenoxy) is 1. The van der Waals surface area contributed by atoms with Crippen molar-refractivity contribution in [3.63, 3.8) is 0 Å². The minimum atomic E-state index is 0.214. The van der Waals surface area contributed by atoms with Crippen molar-refractivity contribution in [2.24, 2.45) is 0 Å². The van der Waals surface area contributed by atoms with Crippen LogP contribution >= 0.6 is 0 Å². The molecule has 0 aliphatic carbocycles. The average Bonchev–Trinajstić information content (AvgIpc) is 2.99. The minimum absolute atomic E-state index is 0.214. The maximum absolute atomic E-state index is 12.6. The summed E-state index contributed by atoms with van der Waals surface area (Å²) in [5.41, 5.74) is 4.30. The van der Waals surface area contributed by atoms with Gasteiger partial charge in [-0.2, -0.15) is 5.10 Å². The molecule has 1 aliphatic heterocycles. The first-order valence-electron chi connectivity index (χ1n) is 9.25. The summed E-state index contributed by atoms with van der Waals surface area (Å²) in [4.78, 5) is 14.6. The Hall–Kier alpha value is -2.50. The van der Waals surface area contributed by atoms with E-state index in [2.05, 4.69) is 15.5 Å². The van der Waals surface area contributed by atoms with E-state index in [1.165, 1.54) is 0 Å². The Balaban J connectivity index is 1.52. The number of benzene rings is 1. The lowest BCUT2D eigenvalue weighted by Crippen LogP contribution is -2.45. The lowest BCUT2D eigenvalue weighted by atomic mass is 10.0. The van der Waals surface area contributed by atoms with Crippen LogP contribution in [0, 0.1) is 13.8 Å². The lowest BCUT2D eigenvalue weighted by molar-refractivity contribution is -0.132. The molecule has 2 heterocycles. The summed E-state index contributed by atoms with van der Waals surface area (Å²) in [5.74, 6) is 1.06.